The molecule has 2 aliphatic heterocycles. The number of piperidine rings is 1. The van der Waals surface area contributed by atoms with Gasteiger partial charge in [0, 0.05) is 31.6 Å². The quantitative estimate of drug-likeness (QED) is 0.725. The maximum atomic E-state index is 13.5. The maximum absolute atomic E-state index is 13.5. The van der Waals surface area contributed by atoms with Crippen LogP contribution in [0.15, 0.2) is 41.8 Å². The predicted octanol–water partition coefficient (Wildman–Crippen LogP) is 4.43. The van der Waals surface area contributed by atoms with Crippen LogP contribution in [0.1, 0.15) is 47.3 Å². The number of fused-ring (bicyclic) bond motifs is 2. The van der Waals surface area contributed by atoms with Gasteiger partial charge in [-0.25, -0.2) is 0 Å². The summed E-state index contributed by atoms with van der Waals surface area (Å²) in [6.45, 7) is 4.23. The van der Waals surface area contributed by atoms with Crippen LogP contribution < -0.4 is 4.74 Å². The molecule has 2 aliphatic rings. The molecular formula is C24H32N2O3S. The van der Waals surface area contributed by atoms with E-state index in [0.29, 0.717) is 17.9 Å². The van der Waals surface area contributed by atoms with E-state index in [4.69, 9.17) is 9.47 Å². The molecule has 0 saturated carbocycles. The lowest BCUT2D eigenvalue weighted by Gasteiger charge is -2.41. The van der Waals surface area contributed by atoms with Crippen molar-refractivity contribution in [3.8, 4) is 5.75 Å². The van der Waals surface area contributed by atoms with Crippen molar-refractivity contribution >= 4 is 17.2 Å². The van der Waals surface area contributed by atoms with Gasteiger partial charge in [0.1, 0.15) is 12.4 Å². The van der Waals surface area contributed by atoms with E-state index in [0.717, 1.165) is 58.3 Å². The molecule has 5 nitrogen and oxygen atoms in total. The van der Waals surface area contributed by atoms with Gasteiger partial charge in [-0.05, 0) is 55.8 Å². The number of carbonyl (C=O) groups excluding carboxylic acids is 1. The standard InChI is InChI=1S/C24H32N2O3S/c1-28-23-12-6-14-26-21(23)10-4-5-13-25(18-19-8-7-17-30-19)15-16-29-22-11-3-2-9-20(22)24(26)27/h2-3,7-9,11,17,21,23H,4-6,10,12-16,18H2,1H3/t21-,23-/m0/s1. The van der Waals surface area contributed by atoms with Gasteiger partial charge >= 0.3 is 0 Å². The smallest absolute Gasteiger partial charge is 0.257 e. The molecule has 2 aromatic rings. The van der Waals surface area contributed by atoms with Crippen LogP contribution in [0, 0.1) is 0 Å². The van der Waals surface area contributed by atoms with Gasteiger partial charge < -0.3 is 14.4 Å². The zero-order chi connectivity index (χ0) is 20.8. The van der Waals surface area contributed by atoms with Crippen molar-refractivity contribution in [3.05, 3.63) is 52.2 Å². The highest BCUT2D eigenvalue weighted by atomic mass is 32.1. The van der Waals surface area contributed by atoms with Crippen molar-refractivity contribution in [2.75, 3.05) is 33.4 Å². The van der Waals surface area contributed by atoms with E-state index in [2.05, 4.69) is 22.4 Å². The van der Waals surface area contributed by atoms with E-state index in [1.807, 2.05) is 29.2 Å². The number of hydrogen-bond acceptors (Lipinski definition) is 5. The SMILES string of the molecule is CO[C@H]1CCCN2C(=O)c3ccccc3OCCN(Cc3cccs3)CCCC[C@@H]12. The van der Waals surface area contributed by atoms with E-state index >= 15 is 0 Å². The molecule has 1 saturated heterocycles. The Morgan fingerprint density at radius 2 is 1.97 bits per heavy atom. The molecule has 30 heavy (non-hydrogen) atoms. The summed E-state index contributed by atoms with van der Waals surface area (Å²) in [5.41, 5.74) is 0.670. The summed E-state index contributed by atoms with van der Waals surface area (Å²) in [4.78, 5) is 19.4. The lowest BCUT2D eigenvalue weighted by Crippen LogP contribution is -2.51. The monoisotopic (exact) mass is 428 g/mol. The molecule has 0 spiro atoms. The molecule has 0 N–H and O–H groups in total. The van der Waals surface area contributed by atoms with Crippen LogP contribution in [-0.4, -0.2) is 61.2 Å². The highest BCUT2D eigenvalue weighted by Gasteiger charge is 2.35. The van der Waals surface area contributed by atoms with E-state index in [-0.39, 0.29) is 18.1 Å². The normalized spacial score (nSPS) is 24.0. The Hall–Kier alpha value is -1.89. The molecule has 162 valence electrons. The first-order valence-electron chi connectivity index (χ1n) is 11.1. The van der Waals surface area contributed by atoms with Gasteiger partial charge in [0.2, 0.25) is 0 Å². The third kappa shape index (κ3) is 5.05. The lowest BCUT2D eigenvalue weighted by molar-refractivity contribution is -0.0155. The highest BCUT2D eigenvalue weighted by Crippen LogP contribution is 2.29. The summed E-state index contributed by atoms with van der Waals surface area (Å²) in [6, 6.07) is 12.1. The topological polar surface area (TPSA) is 42.0 Å². The van der Waals surface area contributed by atoms with Crippen molar-refractivity contribution in [1.82, 2.24) is 9.80 Å². The zero-order valence-corrected chi connectivity index (χ0v) is 18.6. The molecule has 0 radical (unpaired) electrons. The maximum Gasteiger partial charge on any atom is 0.257 e. The molecule has 0 aliphatic carbocycles. The van der Waals surface area contributed by atoms with Gasteiger partial charge in [-0.1, -0.05) is 24.6 Å². The number of nitrogens with zero attached hydrogens (tertiary/aromatic N) is 2. The second kappa shape index (κ2) is 10.4. The minimum atomic E-state index is 0.0760. The lowest BCUT2D eigenvalue weighted by atomic mass is 9.93. The molecule has 3 heterocycles. The van der Waals surface area contributed by atoms with E-state index in [9.17, 15) is 4.79 Å². The Morgan fingerprint density at radius 3 is 2.80 bits per heavy atom. The van der Waals surface area contributed by atoms with E-state index in [1.54, 1.807) is 18.4 Å². The van der Waals surface area contributed by atoms with Crippen LogP contribution in [0.2, 0.25) is 0 Å². The number of amides is 1. The summed E-state index contributed by atoms with van der Waals surface area (Å²) < 4.78 is 11.9. The molecule has 1 aromatic heterocycles. The number of rotatable bonds is 3. The molecule has 6 heteroatoms. The third-order valence-electron chi connectivity index (χ3n) is 6.25. The summed E-state index contributed by atoms with van der Waals surface area (Å²) >= 11 is 1.81. The van der Waals surface area contributed by atoms with Crippen LogP contribution in [0.5, 0.6) is 5.75 Å². The number of hydrogen-bond donors (Lipinski definition) is 0. The summed E-state index contributed by atoms with van der Waals surface area (Å²) in [5.74, 6) is 0.767. The number of carbonyl (C=O) groups is 1. The largest absolute Gasteiger partial charge is 0.491 e. The third-order valence-corrected chi connectivity index (χ3v) is 7.11. The van der Waals surface area contributed by atoms with Gasteiger partial charge in [0.05, 0.1) is 17.7 Å². The number of ether oxygens (including phenoxy) is 2. The van der Waals surface area contributed by atoms with Crippen LogP contribution >= 0.6 is 11.3 Å². The molecule has 1 aromatic carbocycles. The summed E-state index contributed by atoms with van der Waals surface area (Å²) in [6.07, 6.45) is 5.32. The average molecular weight is 429 g/mol. The van der Waals surface area contributed by atoms with Crippen molar-refractivity contribution in [2.45, 2.75) is 50.8 Å². The van der Waals surface area contributed by atoms with Crippen molar-refractivity contribution < 1.29 is 14.3 Å². The van der Waals surface area contributed by atoms with E-state index in [1.165, 1.54) is 4.88 Å². The van der Waals surface area contributed by atoms with Crippen molar-refractivity contribution in [2.24, 2.45) is 0 Å². The Balaban J connectivity index is 1.56. The number of benzene rings is 1. The average Bonchev–Trinajstić information content (AvgIpc) is 3.29. The second-order valence-corrected chi connectivity index (χ2v) is 9.21. The fourth-order valence-electron chi connectivity index (χ4n) is 4.68. The second-order valence-electron chi connectivity index (χ2n) is 8.18. The summed E-state index contributed by atoms with van der Waals surface area (Å²) in [5, 5.41) is 2.14. The molecule has 2 atom stereocenters. The molecule has 4 rings (SSSR count). The fraction of sp³-hybridized carbons (Fsp3) is 0.542. The molecular weight excluding hydrogens is 396 g/mol. The molecule has 1 fully saturated rings. The van der Waals surface area contributed by atoms with Gasteiger partial charge in [-0.3, -0.25) is 9.69 Å². The first kappa shape index (κ1) is 21.3. The summed E-state index contributed by atoms with van der Waals surface area (Å²) in [7, 11) is 1.78. The Morgan fingerprint density at radius 1 is 1.07 bits per heavy atom. The van der Waals surface area contributed by atoms with Crippen LogP contribution in [0.4, 0.5) is 0 Å². The van der Waals surface area contributed by atoms with Gasteiger partial charge in [-0.15, -0.1) is 11.3 Å². The van der Waals surface area contributed by atoms with Gasteiger partial charge in [0.15, 0.2) is 0 Å². The van der Waals surface area contributed by atoms with Crippen molar-refractivity contribution in [3.63, 3.8) is 0 Å². The zero-order valence-electron chi connectivity index (χ0n) is 17.8. The number of thiophene rings is 1. The van der Waals surface area contributed by atoms with Crippen LogP contribution in [0.25, 0.3) is 0 Å². The molecule has 0 unspecified atom stereocenters. The fourth-order valence-corrected chi connectivity index (χ4v) is 5.43. The number of para-hydroxylation sites is 1. The van der Waals surface area contributed by atoms with Crippen molar-refractivity contribution in [1.29, 1.82) is 0 Å². The van der Waals surface area contributed by atoms with Crippen LogP contribution in [0.3, 0.4) is 0 Å². The van der Waals surface area contributed by atoms with Gasteiger partial charge in [-0.2, -0.15) is 0 Å². The predicted molar refractivity (Wildman–Crippen MR) is 120 cm³/mol. The molecule has 1 amide bonds. The van der Waals surface area contributed by atoms with Crippen LogP contribution in [-0.2, 0) is 11.3 Å². The first-order valence-corrected chi connectivity index (χ1v) is 11.9. The Bertz CT molecular complexity index is 811. The minimum Gasteiger partial charge on any atom is -0.491 e. The Labute approximate surface area is 183 Å². The van der Waals surface area contributed by atoms with Gasteiger partial charge in [0.25, 0.3) is 5.91 Å². The minimum absolute atomic E-state index is 0.0760. The molecule has 0 bridgehead atoms. The first-order chi connectivity index (χ1) is 14.8. The Kier molecular flexibility index (Phi) is 7.42. The van der Waals surface area contributed by atoms with E-state index < -0.39 is 0 Å². The highest BCUT2D eigenvalue weighted by molar-refractivity contribution is 7.09. The number of methoxy groups -OCH3 is 1.